The maximum atomic E-state index is 14.6. The van der Waals surface area contributed by atoms with Gasteiger partial charge in [-0.05, 0) is 37.8 Å². The molecule has 0 saturated carbocycles. The van der Waals surface area contributed by atoms with Crippen LogP contribution in [0.4, 0.5) is 19.0 Å². The standard InChI is InChI=1S/C18H17ClF3N5/c1-9-5-6-26(10(2)7-9)17-14(13-11(20)3-4-12(21)15(13)22)16(19)25-18-23-8-24-27(17)18/h3-4,8-10H,5-7H2,1-2H3. The Labute approximate surface area is 158 Å². The minimum Gasteiger partial charge on any atom is -0.353 e. The van der Waals surface area contributed by atoms with Crippen molar-refractivity contribution in [2.24, 2.45) is 5.92 Å². The number of rotatable bonds is 2. The lowest BCUT2D eigenvalue weighted by molar-refractivity contribution is 0.374. The molecule has 3 aromatic rings. The molecule has 0 aliphatic carbocycles. The van der Waals surface area contributed by atoms with Crippen molar-refractivity contribution >= 4 is 23.2 Å². The van der Waals surface area contributed by atoms with E-state index in [4.69, 9.17) is 11.6 Å². The Balaban J connectivity index is 2.04. The SMILES string of the molecule is CC1CCN(c2c(-c3c(F)ccc(F)c3F)c(Cl)nc3ncnn23)C(C)C1. The lowest BCUT2D eigenvalue weighted by Gasteiger charge is -2.39. The van der Waals surface area contributed by atoms with Gasteiger partial charge in [0.1, 0.15) is 23.1 Å². The normalized spacial score (nSPS) is 20.4. The molecule has 0 bridgehead atoms. The van der Waals surface area contributed by atoms with Crippen LogP contribution in [0.2, 0.25) is 5.15 Å². The van der Waals surface area contributed by atoms with E-state index in [2.05, 4.69) is 22.0 Å². The second-order valence-corrected chi connectivity index (χ2v) is 7.32. The first kappa shape index (κ1) is 18.0. The van der Waals surface area contributed by atoms with Crippen LogP contribution in [0.15, 0.2) is 18.5 Å². The van der Waals surface area contributed by atoms with Gasteiger partial charge in [0.25, 0.3) is 5.78 Å². The monoisotopic (exact) mass is 395 g/mol. The molecule has 4 rings (SSSR count). The number of hydrogen-bond acceptors (Lipinski definition) is 4. The Morgan fingerprint density at radius 1 is 1.11 bits per heavy atom. The fourth-order valence-electron chi connectivity index (χ4n) is 3.76. The van der Waals surface area contributed by atoms with Crippen molar-refractivity contribution in [1.29, 1.82) is 0 Å². The smallest absolute Gasteiger partial charge is 0.255 e. The molecule has 1 aromatic carbocycles. The average molecular weight is 396 g/mol. The molecule has 9 heteroatoms. The lowest BCUT2D eigenvalue weighted by atomic mass is 9.92. The third-order valence-electron chi connectivity index (χ3n) is 5.06. The summed E-state index contributed by atoms with van der Waals surface area (Å²) in [6.45, 7) is 4.82. The molecule has 5 nitrogen and oxygen atoms in total. The molecule has 1 saturated heterocycles. The second kappa shape index (κ2) is 6.67. The zero-order valence-electron chi connectivity index (χ0n) is 14.8. The van der Waals surface area contributed by atoms with Crippen molar-refractivity contribution in [3.8, 4) is 11.1 Å². The zero-order chi connectivity index (χ0) is 19.3. The van der Waals surface area contributed by atoms with E-state index in [1.54, 1.807) is 0 Å². The summed E-state index contributed by atoms with van der Waals surface area (Å²) in [7, 11) is 0. The number of anilines is 1. The minimum atomic E-state index is -1.31. The highest BCUT2D eigenvalue weighted by Crippen LogP contribution is 2.41. The fourth-order valence-corrected chi connectivity index (χ4v) is 4.02. The lowest BCUT2D eigenvalue weighted by Crippen LogP contribution is -2.41. The van der Waals surface area contributed by atoms with E-state index in [1.165, 1.54) is 10.8 Å². The van der Waals surface area contributed by atoms with Gasteiger partial charge in [-0.3, -0.25) is 0 Å². The summed E-state index contributed by atoms with van der Waals surface area (Å²) >= 11 is 6.32. The first-order valence-electron chi connectivity index (χ1n) is 8.68. The van der Waals surface area contributed by atoms with Gasteiger partial charge in [0, 0.05) is 12.6 Å². The van der Waals surface area contributed by atoms with Crippen LogP contribution in [-0.4, -0.2) is 32.2 Å². The molecule has 1 aliphatic rings. The van der Waals surface area contributed by atoms with Crippen LogP contribution in [-0.2, 0) is 0 Å². The minimum absolute atomic E-state index is 0.0226. The van der Waals surface area contributed by atoms with E-state index < -0.39 is 23.0 Å². The summed E-state index contributed by atoms with van der Waals surface area (Å²) in [6.07, 6.45) is 3.08. The van der Waals surface area contributed by atoms with Crippen LogP contribution < -0.4 is 4.90 Å². The van der Waals surface area contributed by atoms with Gasteiger partial charge in [0.2, 0.25) is 0 Å². The molecule has 2 unspecified atom stereocenters. The summed E-state index contributed by atoms with van der Waals surface area (Å²) in [5, 5.41) is 4.01. The van der Waals surface area contributed by atoms with Crippen molar-refractivity contribution in [3.63, 3.8) is 0 Å². The Bertz CT molecular complexity index is 1020. The van der Waals surface area contributed by atoms with Gasteiger partial charge in [-0.1, -0.05) is 18.5 Å². The topological polar surface area (TPSA) is 46.3 Å². The molecule has 0 spiro atoms. The predicted molar refractivity (Wildman–Crippen MR) is 96.3 cm³/mol. The number of halogens is 4. The Morgan fingerprint density at radius 3 is 2.59 bits per heavy atom. The Hall–Kier alpha value is -2.35. The number of nitrogens with zero attached hydrogens (tertiary/aromatic N) is 5. The molecule has 0 radical (unpaired) electrons. The van der Waals surface area contributed by atoms with Crippen LogP contribution in [0.1, 0.15) is 26.7 Å². The van der Waals surface area contributed by atoms with Gasteiger partial charge < -0.3 is 4.90 Å². The van der Waals surface area contributed by atoms with Gasteiger partial charge in [0.15, 0.2) is 11.6 Å². The summed E-state index contributed by atoms with van der Waals surface area (Å²) in [4.78, 5) is 10.1. The molecule has 27 heavy (non-hydrogen) atoms. The summed E-state index contributed by atoms with van der Waals surface area (Å²) in [6, 6.07) is 1.69. The number of aromatic nitrogens is 4. The zero-order valence-corrected chi connectivity index (χ0v) is 15.5. The highest BCUT2D eigenvalue weighted by molar-refractivity contribution is 6.33. The molecule has 1 fully saturated rings. The summed E-state index contributed by atoms with van der Waals surface area (Å²) in [5.74, 6) is -2.29. The molecule has 0 N–H and O–H groups in total. The largest absolute Gasteiger partial charge is 0.353 e. The molecule has 2 aromatic heterocycles. The first-order valence-corrected chi connectivity index (χ1v) is 9.06. The van der Waals surface area contributed by atoms with E-state index in [1.807, 2.05) is 11.8 Å². The molecule has 0 amide bonds. The number of benzene rings is 1. The highest BCUT2D eigenvalue weighted by Gasteiger charge is 2.32. The summed E-state index contributed by atoms with van der Waals surface area (Å²) < 4.78 is 44.4. The quantitative estimate of drug-likeness (QED) is 0.474. The predicted octanol–water partition coefficient (Wildman–Crippen LogP) is 4.49. The third-order valence-corrected chi connectivity index (χ3v) is 5.34. The van der Waals surface area contributed by atoms with Crippen LogP contribution in [0, 0.1) is 23.4 Å². The maximum absolute atomic E-state index is 14.6. The van der Waals surface area contributed by atoms with Crippen molar-refractivity contribution in [2.45, 2.75) is 32.7 Å². The van der Waals surface area contributed by atoms with E-state index in [0.717, 1.165) is 25.0 Å². The molecular formula is C18H17ClF3N5. The van der Waals surface area contributed by atoms with Crippen molar-refractivity contribution < 1.29 is 13.2 Å². The van der Waals surface area contributed by atoms with E-state index in [9.17, 15) is 13.2 Å². The highest BCUT2D eigenvalue weighted by atomic mass is 35.5. The maximum Gasteiger partial charge on any atom is 0.255 e. The summed E-state index contributed by atoms with van der Waals surface area (Å²) in [5.41, 5.74) is -0.573. The van der Waals surface area contributed by atoms with E-state index in [-0.39, 0.29) is 22.5 Å². The molecular weight excluding hydrogens is 379 g/mol. The Morgan fingerprint density at radius 2 is 1.85 bits per heavy atom. The van der Waals surface area contributed by atoms with Gasteiger partial charge in [-0.25, -0.2) is 13.2 Å². The Kier molecular flexibility index (Phi) is 4.46. The molecule has 1 aliphatic heterocycles. The van der Waals surface area contributed by atoms with Gasteiger partial charge in [0.05, 0.1) is 11.1 Å². The number of piperidine rings is 1. The van der Waals surface area contributed by atoms with Crippen LogP contribution >= 0.6 is 11.6 Å². The van der Waals surface area contributed by atoms with Crippen molar-refractivity contribution in [2.75, 3.05) is 11.4 Å². The van der Waals surface area contributed by atoms with Gasteiger partial charge in [-0.2, -0.15) is 19.6 Å². The van der Waals surface area contributed by atoms with E-state index in [0.29, 0.717) is 18.3 Å². The molecule has 2 atom stereocenters. The number of hydrogen-bond donors (Lipinski definition) is 0. The third kappa shape index (κ3) is 2.92. The van der Waals surface area contributed by atoms with Crippen molar-refractivity contribution in [1.82, 2.24) is 19.6 Å². The number of fused-ring (bicyclic) bond motifs is 1. The van der Waals surface area contributed by atoms with Crippen LogP contribution in [0.25, 0.3) is 16.9 Å². The van der Waals surface area contributed by atoms with Crippen LogP contribution in [0.5, 0.6) is 0 Å². The average Bonchev–Trinajstić information content (AvgIpc) is 3.07. The van der Waals surface area contributed by atoms with Gasteiger partial charge in [-0.15, -0.1) is 0 Å². The van der Waals surface area contributed by atoms with Crippen LogP contribution in [0.3, 0.4) is 0 Å². The van der Waals surface area contributed by atoms with Gasteiger partial charge >= 0.3 is 0 Å². The van der Waals surface area contributed by atoms with E-state index >= 15 is 0 Å². The molecule has 3 heterocycles. The van der Waals surface area contributed by atoms with Crippen molar-refractivity contribution in [3.05, 3.63) is 41.1 Å². The molecule has 142 valence electrons. The first-order chi connectivity index (χ1) is 12.9. The fraction of sp³-hybridized carbons (Fsp3) is 0.389. The second-order valence-electron chi connectivity index (χ2n) is 6.96.